The summed E-state index contributed by atoms with van der Waals surface area (Å²) in [5.74, 6) is -52.1. The molecule has 0 spiro atoms. The summed E-state index contributed by atoms with van der Waals surface area (Å²) in [5, 5.41) is -7.95. The van der Waals surface area contributed by atoms with Gasteiger partial charge in [0, 0.05) is 10.8 Å². The van der Waals surface area contributed by atoms with Crippen LogP contribution in [-0.2, 0) is 10.1 Å². The lowest BCUT2D eigenvalue weighted by molar-refractivity contribution is -0.902. The second-order valence-corrected chi connectivity index (χ2v) is 13.7. The summed E-state index contributed by atoms with van der Waals surface area (Å²) in [6.07, 6.45) is -7.89. The molecule has 0 saturated carbocycles. The molecule has 0 fully saturated rings. The van der Waals surface area contributed by atoms with Gasteiger partial charge >= 0.3 is 47.0 Å². The summed E-state index contributed by atoms with van der Waals surface area (Å²) in [5.41, 5.74) is 0.851. The predicted molar refractivity (Wildman–Crippen MR) is 111 cm³/mol. The lowest BCUT2D eigenvalue weighted by Crippen LogP contribution is -2.75. The van der Waals surface area contributed by atoms with Gasteiger partial charge in [-0.05, 0) is 0 Å². The molecule has 0 aromatic heterocycles. The monoisotopic (exact) mass is 685 g/mol. The molecule has 0 aliphatic heterocycles. The second kappa shape index (κ2) is 11.2. The van der Waals surface area contributed by atoms with Crippen molar-refractivity contribution in [1.82, 2.24) is 0 Å². The van der Waals surface area contributed by atoms with Crippen LogP contribution < -0.4 is 0 Å². The van der Waals surface area contributed by atoms with Crippen molar-refractivity contribution in [2.75, 3.05) is 27.2 Å². The van der Waals surface area contributed by atoms with Crippen molar-refractivity contribution < 1.29 is 92.1 Å². The Morgan fingerprint density at radius 2 is 0.690 bits per heavy atom. The van der Waals surface area contributed by atoms with Gasteiger partial charge in [0.1, 0.15) is 0 Å². The SMILES string of the molecule is CC(C)(C)C[N+](C)(C)CC(C)(C)C.O=S(=O)([O-])C(F)(F)C(F)(F)C(F)(F)C(F)(F)C(F)(F)C(F)(F)C(F)(F)C(F)(F)F. The van der Waals surface area contributed by atoms with Gasteiger partial charge in [-0.3, -0.25) is 0 Å². The lowest BCUT2D eigenvalue weighted by Gasteiger charge is -2.42. The van der Waals surface area contributed by atoms with E-state index < -0.39 is 57.1 Å². The Balaban J connectivity index is 0. The van der Waals surface area contributed by atoms with Crippen molar-refractivity contribution in [2.45, 2.75) is 88.5 Å². The largest absolute Gasteiger partial charge is 0.743 e. The summed E-state index contributed by atoms with van der Waals surface area (Å²) in [4.78, 5) is 0. The second-order valence-electron chi connectivity index (χ2n) is 12.3. The first kappa shape index (κ1) is 42.8. The van der Waals surface area contributed by atoms with Gasteiger partial charge < -0.3 is 9.04 Å². The summed E-state index contributed by atoms with van der Waals surface area (Å²) in [7, 11) is -3.48. The van der Waals surface area contributed by atoms with E-state index in [2.05, 4.69) is 55.6 Å². The minimum Gasteiger partial charge on any atom is -0.743 e. The van der Waals surface area contributed by atoms with Crippen LogP contribution in [0.5, 0.6) is 0 Å². The first-order valence-corrected chi connectivity index (χ1v) is 12.3. The molecule has 0 radical (unpaired) electrons. The van der Waals surface area contributed by atoms with Crippen molar-refractivity contribution in [2.24, 2.45) is 10.8 Å². The van der Waals surface area contributed by atoms with Crippen molar-refractivity contribution >= 4 is 10.1 Å². The minimum absolute atomic E-state index is 0.425. The Kier molecular flexibility index (Phi) is 11.5. The number of nitrogens with zero attached hydrogens (tertiary/aromatic N) is 1. The molecular weight excluding hydrogens is 657 g/mol. The summed E-state index contributed by atoms with van der Waals surface area (Å²) >= 11 is 0. The zero-order chi connectivity index (χ0) is 35.4. The van der Waals surface area contributed by atoms with Crippen molar-refractivity contribution in [3.8, 4) is 0 Å². The molecule has 0 aromatic carbocycles. The quantitative estimate of drug-likeness (QED) is 0.142. The topological polar surface area (TPSA) is 57.2 Å². The van der Waals surface area contributed by atoms with Gasteiger partial charge in [0.05, 0.1) is 27.2 Å². The van der Waals surface area contributed by atoms with E-state index in [0.29, 0.717) is 10.8 Å². The van der Waals surface area contributed by atoms with Gasteiger partial charge in [-0.1, -0.05) is 41.5 Å². The molecule has 0 amide bonds. The molecule has 0 saturated heterocycles. The van der Waals surface area contributed by atoms with Crippen LogP contribution in [0.1, 0.15) is 41.5 Å². The Bertz CT molecular complexity index is 1020. The van der Waals surface area contributed by atoms with E-state index in [0.717, 1.165) is 4.48 Å². The Morgan fingerprint density at radius 3 is 0.881 bits per heavy atom. The van der Waals surface area contributed by atoms with Gasteiger partial charge in [0.2, 0.25) is 0 Å². The third-order valence-electron chi connectivity index (χ3n) is 4.81. The highest BCUT2D eigenvalue weighted by Crippen LogP contribution is 2.64. The van der Waals surface area contributed by atoms with Crippen LogP contribution >= 0.6 is 0 Å². The zero-order valence-electron chi connectivity index (χ0n) is 22.9. The molecule has 0 heterocycles. The Hall–Kier alpha value is -1.32. The van der Waals surface area contributed by atoms with Crippen LogP contribution in [0.15, 0.2) is 0 Å². The van der Waals surface area contributed by atoms with Gasteiger partial charge in [0.15, 0.2) is 10.1 Å². The minimum atomic E-state index is -8.92. The maximum Gasteiger partial charge on any atom is 0.460 e. The standard InChI is InChI=1S/C12H28N.C8HF17O3S/c1-11(2,3)9-13(7,8)10-12(4,5)6;9-1(10,3(13,14)5(17,18)7(21,22)23)2(11,12)4(15,16)6(19,20)8(24,25)29(26,27)28/h9-10H2,1-8H3;(H,26,27,28)/q+1;/p-1. The van der Waals surface area contributed by atoms with Crippen LogP contribution in [0, 0.1) is 10.8 Å². The molecule has 4 nitrogen and oxygen atoms in total. The number of hydrogen-bond donors (Lipinski definition) is 0. The highest BCUT2D eigenvalue weighted by molar-refractivity contribution is 7.86. The lowest BCUT2D eigenvalue weighted by atomic mass is 9.91. The van der Waals surface area contributed by atoms with E-state index >= 15 is 0 Å². The van der Waals surface area contributed by atoms with E-state index in [1.807, 2.05) is 0 Å². The third kappa shape index (κ3) is 8.03. The fourth-order valence-electron chi connectivity index (χ4n) is 3.93. The van der Waals surface area contributed by atoms with Gasteiger partial charge in [-0.2, -0.15) is 74.6 Å². The van der Waals surface area contributed by atoms with E-state index in [9.17, 15) is 87.6 Å². The maximum atomic E-state index is 13.0. The van der Waals surface area contributed by atoms with Crippen LogP contribution in [0.2, 0.25) is 0 Å². The highest BCUT2D eigenvalue weighted by Gasteiger charge is 2.95. The van der Waals surface area contributed by atoms with E-state index in [1.165, 1.54) is 13.1 Å². The first-order chi connectivity index (χ1) is 17.4. The molecule has 0 aliphatic carbocycles. The van der Waals surface area contributed by atoms with Crippen LogP contribution in [0.3, 0.4) is 0 Å². The van der Waals surface area contributed by atoms with Gasteiger partial charge in [-0.25, -0.2) is 8.42 Å². The average molecular weight is 685 g/mol. The van der Waals surface area contributed by atoms with Crippen molar-refractivity contribution in [1.29, 1.82) is 0 Å². The molecule has 256 valence electrons. The molecule has 0 rings (SSSR count). The normalized spacial score (nSPS) is 16.2. The first-order valence-electron chi connectivity index (χ1n) is 10.9. The summed E-state index contributed by atoms with van der Waals surface area (Å²) < 4.78 is 245. The third-order valence-corrected chi connectivity index (χ3v) is 5.70. The van der Waals surface area contributed by atoms with Crippen LogP contribution in [-0.4, -0.2) is 91.6 Å². The van der Waals surface area contributed by atoms with Crippen molar-refractivity contribution in [3.05, 3.63) is 0 Å². The maximum absolute atomic E-state index is 13.0. The molecule has 0 bridgehead atoms. The van der Waals surface area contributed by atoms with Crippen molar-refractivity contribution in [3.63, 3.8) is 0 Å². The molecule has 0 atom stereocenters. The Morgan fingerprint density at radius 1 is 0.476 bits per heavy atom. The zero-order valence-corrected chi connectivity index (χ0v) is 23.7. The molecule has 22 heteroatoms. The van der Waals surface area contributed by atoms with E-state index in [4.69, 9.17) is 0 Å². The number of halogens is 17. The highest BCUT2D eigenvalue weighted by atomic mass is 32.2. The molecule has 0 N–H and O–H groups in total. The number of hydrogen-bond acceptors (Lipinski definition) is 3. The molecule has 0 unspecified atom stereocenters. The molecular formula is C20H28F17NO3S. The fourth-order valence-corrected chi connectivity index (χ4v) is 4.37. The van der Waals surface area contributed by atoms with Crippen LogP contribution in [0.4, 0.5) is 74.6 Å². The number of quaternary nitrogens is 1. The van der Waals surface area contributed by atoms with Crippen LogP contribution in [0.25, 0.3) is 0 Å². The average Bonchev–Trinajstić information content (AvgIpc) is 2.61. The molecule has 0 aromatic rings. The van der Waals surface area contributed by atoms with Gasteiger partial charge in [-0.15, -0.1) is 0 Å². The number of alkyl halides is 17. The fraction of sp³-hybridized carbons (Fsp3) is 1.00. The summed E-state index contributed by atoms with van der Waals surface area (Å²) in [6.45, 7) is 16.4. The van der Waals surface area contributed by atoms with E-state index in [1.54, 1.807) is 0 Å². The summed E-state index contributed by atoms with van der Waals surface area (Å²) in [6, 6.07) is 0. The smallest absolute Gasteiger partial charge is 0.460 e. The number of rotatable bonds is 9. The van der Waals surface area contributed by atoms with Gasteiger partial charge in [0.25, 0.3) is 0 Å². The molecule has 0 aliphatic rings. The Labute approximate surface area is 229 Å². The molecule has 42 heavy (non-hydrogen) atoms. The van der Waals surface area contributed by atoms with E-state index in [-0.39, 0.29) is 0 Å². The predicted octanol–water partition coefficient (Wildman–Crippen LogP) is 7.65.